The number of carbonyl (C=O) groups is 1. The number of carbonyl (C=O) groups excluding carboxylic acids is 1. The molecule has 1 saturated carbocycles. The molecular formula is C20H23N3O2. The Morgan fingerprint density at radius 3 is 2.76 bits per heavy atom. The molecule has 2 aliphatic rings. The van der Waals surface area contributed by atoms with Crippen LogP contribution in [0.5, 0.6) is 0 Å². The third-order valence-electron chi connectivity index (χ3n) is 5.49. The highest BCUT2D eigenvalue weighted by atomic mass is 16.2. The molecule has 1 amide bonds. The Morgan fingerprint density at radius 1 is 1.24 bits per heavy atom. The Balaban J connectivity index is 1.56. The molecule has 25 heavy (non-hydrogen) atoms. The van der Waals surface area contributed by atoms with Crippen molar-refractivity contribution < 1.29 is 4.79 Å². The number of aromatic nitrogens is 2. The third-order valence-corrected chi connectivity index (χ3v) is 5.49. The molecule has 1 heterocycles. The topological polar surface area (TPSA) is 74.8 Å². The number of hydrogen-bond acceptors (Lipinski definition) is 3. The van der Waals surface area contributed by atoms with Crippen molar-refractivity contribution >= 4 is 11.6 Å². The second kappa shape index (κ2) is 6.14. The quantitative estimate of drug-likeness (QED) is 0.900. The third kappa shape index (κ3) is 3.23. The lowest BCUT2D eigenvalue weighted by Crippen LogP contribution is -2.23. The second-order valence-corrected chi connectivity index (χ2v) is 7.56. The first-order valence-electron chi connectivity index (χ1n) is 9.05. The summed E-state index contributed by atoms with van der Waals surface area (Å²) in [5.41, 5.74) is 4.66. The van der Waals surface area contributed by atoms with Crippen molar-refractivity contribution in [3.8, 4) is 0 Å². The molecule has 2 N–H and O–H groups in total. The number of benzene rings is 1. The zero-order valence-electron chi connectivity index (χ0n) is 14.5. The van der Waals surface area contributed by atoms with E-state index in [1.54, 1.807) is 0 Å². The fraction of sp³-hybridized carbons (Fsp3) is 0.450. The van der Waals surface area contributed by atoms with E-state index in [9.17, 15) is 9.59 Å². The Labute approximate surface area is 146 Å². The van der Waals surface area contributed by atoms with E-state index in [1.807, 2.05) is 31.2 Å². The lowest BCUT2D eigenvalue weighted by molar-refractivity contribution is -0.120. The summed E-state index contributed by atoms with van der Waals surface area (Å²) in [6, 6.07) is 7.92. The lowest BCUT2D eigenvalue weighted by Gasteiger charge is -2.17. The van der Waals surface area contributed by atoms with Gasteiger partial charge in [-0.3, -0.25) is 9.59 Å². The van der Waals surface area contributed by atoms with Crippen molar-refractivity contribution in [1.29, 1.82) is 0 Å². The first-order valence-corrected chi connectivity index (χ1v) is 9.05. The van der Waals surface area contributed by atoms with Gasteiger partial charge >= 0.3 is 0 Å². The number of fused-ring (bicyclic) bond motifs is 1. The van der Waals surface area contributed by atoms with Crippen LogP contribution in [0.3, 0.4) is 0 Å². The summed E-state index contributed by atoms with van der Waals surface area (Å²) >= 11 is 0. The lowest BCUT2D eigenvalue weighted by atomic mass is 9.90. The van der Waals surface area contributed by atoms with E-state index >= 15 is 0 Å². The van der Waals surface area contributed by atoms with E-state index in [1.165, 1.54) is 0 Å². The molecule has 0 radical (unpaired) electrons. The van der Waals surface area contributed by atoms with Gasteiger partial charge in [0.2, 0.25) is 5.91 Å². The van der Waals surface area contributed by atoms with Gasteiger partial charge < -0.3 is 5.32 Å². The monoisotopic (exact) mass is 337 g/mol. The molecule has 130 valence electrons. The standard InChI is InChI=1S/C20H23N3O2/c1-20(9-10-20)19(25)21-14-6-4-5-13(11-14)12-17-15-7-2-3-8-16(15)18(24)23-22-17/h4-6,11H,2-3,7-10,12H2,1H3,(H,21,25)(H,23,24). The zero-order valence-corrected chi connectivity index (χ0v) is 14.5. The van der Waals surface area contributed by atoms with Gasteiger partial charge in [0.05, 0.1) is 5.69 Å². The molecule has 2 aromatic rings. The number of H-pyrrole nitrogens is 1. The summed E-state index contributed by atoms with van der Waals surface area (Å²) in [6.45, 7) is 2.00. The average Bonchev–Trinajstić information content (AvgIpc) is 3.37. The van der Waals surface area contributed by atoms with Crippen molar-refractivity contribution in [2.24, 2.45) is 5.41 Å². The van der Waals surface area contributed by atoms with E-state index in [4.69, 9.17) is 0 Å². The maximum absolute atomic E-state index is 12.2. The number of hydrogen-bond donors (Lipinski definition) is 2. The molecule has 0 saturated heterocycles. The van der Waals surface area contributed by atoms with Crippen LogP contribution in [0.15, 0.2) is 29.1 Å². The summed E-state index contributed by atoms with van der Waals surface area (Å²) in [5.74, 6) is 0.101. The van der Waals surface area contributed by atoms with E-state index < -0.39 is 0 Å². The van der Waals surface area contributed by atoms with Gasteiger partial charge in [0.1, 0.15) is 0 Å². The highest BCUT2D eigenvalue weighted by Crippen LogP contribution is 2.45. The normalized spacial score (nSPS) is 17.6. The van der Waals surface area contributed by atoms with Crippen molar-refractivity contribution in [3.63, 3.8) is 0 Å². The highest BCUT2D eigenvalue weighted by Gasteiger charge is 2.44. The molecule has 0 bridgehead atoms. The van der Waals surface area contributed by atoms with E-state index in [-0.39, 0.29) is 16.9 Å². The number of rotatable bonds is 4. The molecule has 0 unspecified atom stereocenters. The smallest absolute Gasteiger partial charge is 0.267 e. The minimum Gasteiger partial charge on any atom is -0.326 e. The molecule has 5 nitrogen and oxygen atoms in total. The molecule has 5 heteroatoms. The van der Waals surface area contributed by atoms with Gasteiger partial charge in [-0.15, -0.1) is 0 Å². The Kier molecular flexibility index (Phi) is 3.94. The van der Waals surface area contributed by atoms with Crippen molar-refractivity contribution in [2.75, 3.05) is 5.32 Å². The molecule has 1 aromatic heterocycles. The summed E-state index contributed by atoms with van der Waals surface area (Å²) in [6.07, 6.45) is 6.54. The van der Waals surface area contributed by atoms with Gasteiger partial charge in [0.15, 0.2) is 0 Å². The Hall–Kier alpha value is -2.43. The van der Waals surface area contributed by atoms with Crippen LogP contribution in [-0.4, -0.2) is 16.1 Å². The van der Waals surface area contributed by atoms with Gasteiger partial charge in [-0.2, -0.15) is 5.10 Å². The largest absolute Gasteiger partial charge is 0.326 e. The van der Waals surface area contributed by atoms with Crippen LogP contribution in [0.1, 0.15) is 55.0 Å². The number of nitrogens with one attached hydrogen (secondary N) is 2. The highest BCUT2D eigenvalue weighted by molar-refractivity contribution is 5.96. The number of anilines is 1. The molecule has 0 spiro atoms. The summed E-state index contributed by atoms with van der Waals surface area (Å²) in [7, 11) is 0. The number of aromatic amines is 1. The molecular weight excluding hydrogens is 314 g/mol. The van der Waals surface area contributed by atoms with E-state index in [0.29, 0.717) is 6.42 Å². The average molecular weight is 337 g/mol. The predicted molar refractivity (Wildman–Crippen MR) is 96.7 cm³/mol. The van der Waals surface area contributed by atoms with Crippen molar-refractivity contribution in [2.45, 2.75) is 51.9 Å². The van der Waals surface area contributed by atoms with Gasteiger partial charge in [-0.1, -0.05) is 19.1 Å². The summed E-state index contributed by atoms with van der Waals surface area (Å²) < 4.78 is 0. The minimum atomic E-state index is -0.185. The van der Waals surface area contributed by atoms with Gasteiger partial charge in [-0.05, 0) is 61.8 Å². The maximum Gasteiger partial charge on any atom is 0.267 e. The van der Waals surface area contributed by atoms with Crippen LogP contribution >= 0.6 is 0 Å². The molecule has 0 aliphatic heterocycles. The van der Waals surface area contributed by atoms with Crippen LogP contribution in [0.25, 0.3) is 0 Å². The molecule has 1 fully saturated rings. The Morgan fingerprint density at radius 2 is 2.00 bits per heavy atom. The van der Waals surface area contributed by atoms with Crippen LogP contribution < -0.4 is 10.9 Å². The van der Waals surface area contributed by atoms with Crippen LogP contribution in [0, 0.1) is 5.41 Å². The summed E-state index contributed by atoms with van der Waals surface area (Å²) in [5, 5.41) is 9.97. The molecule has 0 atom stereocenters. The SMILES string of the molecule is CC1(C(=O)Nc2cccc(Cc3n[nH]c(=O)c4c3CCCC4)c2)CC1. The second-order valence-electron chi connectivity index (χ2n) is 7.56. The zero-order chi connectivity index (χ0) is 17.4. The van der Waals surface area contributed by atoms with Gasteiger partial charge in [-0.25, -0.2) is 5.10 Å². The summed E-state index contributed by atoms with van der Waals surface area (Å²) in [4.78, 5) is 24.2. The van der Waals surface area contributed by atoms with Crippen LogP contribution in [0.2, 0.25) is 0 Å². The van der Waals surface area contributed by atoms with Gasteiger partial charge in [0.25, 0.3) is 5.56 Å². The number of amides is 1. The Bertz CT molecular complexity index is 881. The minimum absolute atomic E-state index is 0.0443. The van der Waals surface area contributed by atoms with E-state index in [2.05, 4.69) is 15.5 Å². The number of nitrogens with zero attached hydrogens (tertiary/aromatic N) is 1. The first-order chi connectivity index (χ1) is 12.0. The van der Waals surface area contributed by atoms with Crippen LogP contribution in [0.4, 0.5) is 5.69 Å². The van der Waals surface area contributed by atoms with Crippen molar-refractivity contribution in [3.05, 3.63) is 57.0 Å². The van der Waals surface area contributed by atoms with Crippen molar-refractivity contribution in [1.82, 2.24) is 10.2 Å². The molecule has 2 aliphatic carbocycles. The first kappa shape index (κ1) is 16.1. The van der Waals surface area contributed by atoms with Gasteiger partial charge in [0, 0.05) is 23.1 Å². The predicted octanol–water partition coefficient (Wildman–Crippen LogP) is 2.98. The maximum atomic E-state index is 12.2. The van der Waals surface area contributed by atoms with Crippen LogP contribution in [-0.2, 0) is 24.1 Å². The molecule has 1 aromatic carbocycles. The van der Waals surface area contributed by atoms with E-state index in [0.717, 1.165) is 66.6 Å². The fourth-order valence-electron chi connectivity index (χ4n) is 3.52. The fourth-order valence-corrected chi connectivity index (χ4v) is 3.52. The molecule has 4 rings (SSSR count).